The Morgan fingerprint density at radius 3 is 2.47 bits per heavy atom. The molecule has 78 valence electrons. The van der Waals surface area contributed by atoms with Gasteiger partial charge in [-0.3, -0.25) is 0 Å². The number of rotatable bonds is 2. The fraction of sp³-hybridized carbons (Fsp3) is 0.333. The van der Waals surface area contributed by atoms with E-state index in [0.29, 0.717) is 5.92 Å². The minimum atomic E-state index is 0.599. The van der Waals surface area contributed by atoms with Crippen molar-refractivity contribution < 1.29 is 0 Å². The van der Waals surface area contributed by atoms with Crippen LogP contribution in [-0.4, -0.2) is 0 Å². The first kappa shape index (κ1) is 10.2. The van der Waals surface area contributed by atoms with E-state index in [1.54, 1.807) is 0 Å². The van der Waals surface area contributed by atoms with Gasteiger partial charge in [0, 0.05) is 0 Å². The minimum Gasteiger partial charge on any atom is -0.0798 e. The van der Waals surface area contributed by atoms with Crippen molar-refractivity contribution in [2.75, 3.05) is 0 Å². The van der Waals surface area contributed by atoms with Gasteiger partial charge in [-0.1, -0.05) is 50.3 Å². The van der Waals surface area contributed by atoms with Gasteiger partial charge in [0.1, 0.15) is 0 Å². The predicted molar refractivity (Wildman–Crippen MR) is 66.9 cm³/mol. The van der Waals surface area contributed by atoms with Gasteiger partial charge in [0.05, 0.1) is 0 Å². The molecule has 0 fully saturated rings. The Balaban J connectivity index is 2.49. The summed E-state index contributed by atoms with van der Waals surface area (Å²) < 4.78 is 0. The Hall–Kier alpha value is -1.30. The molecule has 0 atom stereocenters. The summed E-state index contributed by atoms with van der Waals surface area (Å²) in [6.45, 7) is 6.73. The van der Waals surface area contributed by atoms with Gasteiger partial charge >= 0.3 is 0 Å². The summed E-state index contributed by atoms with van der Waals surface area (Å²) in [5, 5.41) is 0. The maximum absolute atomic E-state index is 2.26. The van der Waals surface area contributed by atoms with E-state index in [1.165, 1.54) is 22.3 Å². The smallest absolute Gasteiger partial charge is 0.00856 e. The van der Waals surface area contributed by atoms with Gasteiger partial charge in [0.15, 0.2) is 0 Å². The van der Waals surface area contributed by atoms with Crippen molar-refractivity contribution in [2.45, 2.75) is 33.1 Å². The molecule has 0 spiro atoms. The average Bonchev–Trinajstić information content (AvgIpc) is 2.64. The zero-order valence-electron chi connectivity index (χ0n) is 9.75. The first-order chi connectivity index (χ1) is 7.20. The molecule has 0 radical (unpaired) electrons. The van der Waals surface area contributed by atoms with Crippen molar-refractivity contribution >= 4 is 5.57 Å². The van der Waals surface area contributed by atoms with E-state index < -0.39 is 0 Å². The Labute approximate surface area is 92.3 Å². The molecule has 0 saturated heterocycles. The standard InChI is InChI=1S/C15H18/c1-11(2)13-8-4-5-9-15(13)14-10-6-7-12(14)3/h4-9,11H,10H2,1-3H3. The quantitative estimate of drug-likeness (QED) is 0.654. The second-order valence-corrected chi connectivity index (χ2v) is 4.51. The molecule has 0 nitrogen and oxygen atoms in total. The number of hydrogen-bond donors (Lipinski definition) is 0. The average molecular weight is 198 g/mol. The van der Waals surface area contributed by atoms with Gasteiger partial charge in [0.25, 0.3) is 0 Å². The maximum atomic E-state index is 2.26. The summed E-state index contributed by atoms with van der Waals surface area (Å²) >= 11 is 0. The molecule has 1 aromatic carbocycles. The van der Waals surface area contributed by atoms with Gasteiger partial charge < -0.3 is 0 Å². The van der Waals surface area contributed by atoms with Crippen LogP contribution in [0.4, 0.5) is 0 Å². The molecule has 15 heavy (non-hydrogen) atoms. The largest absolute Gasteiger partial charge is 0.0798 e. The van der Waals surface area contributed by atoms with Crippen LogP contribution in [0.1, 0.15) is 44.2 Å². The maximum Gasteiger partial charge on any atom is -0.00856 e. The summed E-state index contributed by atoms with van der Waals surface area (Å²) in [5.74, 6) is 0.599. The highest BCUT2D eigenvalue weighted by Crippen LogP contribution is 2.33. The van der Waals surface area contributed by atoms with Gasteiger partial charge in [-0.25, -0.2) is 0 Å². The molecule has 0 amide bonds. The highest BCUT2D eigenvalue weighted by molar-refractivity contribution is 5.76. The Morgan fingerprint density at radius 1 is 1.13 bits per heavy atom. The molecule has 1 aromatic rings. The van der Waals surface area contributed by atoms with E-state index in [4.69, 9.17) is 0 Å². The van der Waals surface area contributed by atoms with Crippen LogP contribution in [0.3, 0.4) is 0 Å². The Kier molecular flexibility index (Phi) is 2.77. The fourth-order valence-corrected chi connectivity index (χ4v) is 2.21. The molecule has 0 aliphatic heterocycles. The molecule has 0 saturated carbocycles. The number of benzene rings is 1. The normalized spacial score (nSPS) is 15.5. The van der Waals surface area contributed by atoms with Crippen molar-refractivity contribution in [2.24, 2.45) is 0 Å². The van der Waals surface area contributed by atoms with Gasteiger partial charge in [-0.2, -0.15) is 0 Å². The van der Waals surface area contributed by atoms with Gasteiger partial charge in [0.2, 0.25) is 0 Å². The number of hydrogen-bond acceptors (Lipinski definition) is 0. The van der Waals surface area contributed by atoms with Crippen LogP contribution in [0, 0.1) is 0 Å². The molecular formula is C15H18. The third-order valence-electron chi connectivity index (χ3n) is 3.07. The van der Waals surface area contributed by atoms with E-state index in [9.17, 15) is 0 Å². The molecule has 1 aliphatic carbocycles. The topological polar surface area (TPSA) is 0 Å². The van der Waals surface area contributed by atoms with E-state index in [-0.39, 0.29) is 0 Å². The predicted octanol–water partition coefficient (Wildman–Crippen LogP) is 4.54. The van der Waals surface area contributed by atoms with Crippen LogP contribution in [0.5, 0.6) is 0 Å². The van der Waals surface area contributed by atoms with Crippen LogP contribution >= 0.6 is 0 Å². The lowest BCUT2D eigenvalue weighted by atomic mass is 9.91. The Morgan fingerprint density at radius 2 is 1.87 bits per heavy atom. The summed E-state index contributed by atoms with van der Waals surface area (Å²) in [6.07, 6.45) is 5.57. The lowest BCUT2D eigenvalue weighted by Gasteiger charge is -2.14. The molecule has 0 aromatic heterocycles. The van der Waals surface area contributed by atoms with Gasteiger partial charge in [-0.15, -0.1) is 0 Å². The molecule has 0 bridgehead atoms. The van der Waals surface area contributed by atoms with E-state index in [1.807, 2.05) is 0 Å². The first-order valence-corrected chi connectivity index (χ1v) is 5.65. The van der Waals surface area contributed by atoms with E-state index in [0.717, 1.165) is 6.42 Å². The third kappa shape index (κ3) is 1.90. The minimum absolute atomic E-state index is 0.599. The van der Waals surface area contributed by atoms with Gasteiger partial charge in [-0.05, 0) is 41.5 Å². The zero-order valence-corrected chi connectivity index (χ0v) is 9.75. The molecule has 0 heterocycles. The second-order valence-electron chi connectivity index (χ2n) is 4.51. The lowest BCUT2D eigenvalue weighted by molar-refractivity contribution is 0.862. The molecule has 0 unspecified atom stereocenters. The highest BCUT2D eigenvalue weighted by Gasteiger charge is 2.13. The SMILES string of the molecule is CC1=C(c2ccccc2C(C)C)CC=C1. The van der Waals surface area contributed by atoms with Crippen LogP contribution in [0.2, 0.25) is 0 Å². The highest BCUT2D eigenvalue weighted by atomic mass is 14.2. The molecule has 0 N–H and O–H groups in total. The van der Waals surface area contributed by atoms with Crippen molar-refractivity contribution in [1.82, 2.24) is 0 Å². The third-order valence-corrected chi connectivity index (χ3v) is 3.07. The van der Waals surface area contributed by atoms with Crippen molar-refractivity contribution in [1.29, 1.82) is 0 Å². The van der Waals surface area contributed by atoms with Crippen molar-refractivity contribution in [3.8, 4) is 0 Å². The summed E-state index contributed by atoms with van der Waals surface area (Å²) in [4.78, 5) is 0. The zero-order chi connectivity index (χ0) is 10.8. The van der Waals surface area contributed by atoms with Crippen molar-refractivity contribution in [3.05, 3.63) is 53.1 Å². The summed E-state index contributed by atoms with van der Waals surface area (Å²) in [7, 11) is 0. The second kappa shape index (κ2) is 4.06. The molecule has 0 heteroatoms. The summed E-state index contributed by atoms with van der Waals surface area (Å²) in [5.41, 5.74) is 5.83. The Bertz CT molecular complexity index is 419. The molecule has 2 rings (SSSR count). The van der Waals surface area contributed by atoms with Crippen LogP contribution in [0.15, 0.2) is 42.0 Å². The van der Waals surface area contributed by atoms with E-state index in [2.05, 4.69) is 57.2 Å². The molecular weight excluding hydrogens is 180 g/mol. The summed E-state index contributed by atoms with van der Waals surface area (Å²) in [6, 6.07) is 8.77. The van der Waals surface area contributed by atoms with Crippen LogP contribution in [0.25, 0.3) is 5.57 Å². The lowest BCUT2D eigenvalue weighted by Crippen LogP contribution is -1.95. The number of allylic oxidation sites excluding steroid dienone is 4. The van der Waals surface area contributed by atoms with Crippen LogP contribution in [-0.2, 0) is 0 Å². The monoisotopic (exact) mass is 198 g/mol. The van der Waals surface area contributed by atoms with Crippen LogP contribution < -0.4 is 0 Å². The van der Waals surface area contributed by atoms with E-state index >= 15 is 0 Å². The first-order valence-electron chi connectivity index (χ1n) is 5.65. The molecule has 1 aliphatic rings. The van der Waals surface area contributed by atoms with Crippen molar-refractivity contribution in [3.63, 3.8) is 0 Å². The fourth-order valence-electron chi connectivity index (χ4n) is 2.21.